The van der Waals surface area contributed by atoms with Gasteiger partial charge in [0, 0.05) is 38.1 Å². The van der Waals surface area contributed by atoms with Crippen molar-refractivity contribution in [3.8, 4) is 0 Å². The van der Waals surface area contributed by atoms with E-state index < -0.39 is 18.3 Å². The van der Waals surface area contributed by atoms with Gasteiger partial charge in [0.1, 0.15) is 0 Å². The number of rotatable bonds is 3. The first-order valence-corrected chi connectivity index (χ1v) is 7.86. The van der Waals surface area contributed by atoms with Crippen molar-refractivity contribution in [2.24, 2.45) is 0 Å². The zero-order valence-electron chi connectivity index (χ0n) is 14.3. The summed E-state index contributed by atoms with van der Waals surface area (Å²) in [5.74, 6) is -0.0378. The number of hydrogen-bond acceptors (Lipinski definition) is 5. The maximum atomic E-state index is 12.5. The van der Waals surface area contributed by atoms with Crippen LogP contribution < -0.4 is 5.46 Å². The van der Waals surface area contributed by atoms with Crippen molar-refractivity contribution in [1.29, 1.82) is 0 Å². The van der Waals surface area contributed by atoms with E-state index in [0.29, 0.717) is 18.7 Å². The molecule has 0 saturated carbocycles. The number of likely N-dealkylation sites (tertiary alicyclic amines) is 1. The van der Waals surface area contributed by atoms with Crippen molar-refractivity contribution in [2.75, 3.05) is 20.2 Å². The van der Waals surface area contributed by atoms with Crippen LogP contribution in [0.15, 0.2) is 18.5 Å². The summed E-state index contributed by atoms with van der Waals surface area (Å²) in [6, 6.07) is 1.80. The summed E-state index contributed by atoms with van der Waals surface area (Å²) in [6.45, 7) is 9.24. The Bertz CT molecular complexity index is 598. The molecule has 0 bridgehead atoms. The fraction of sp³-hybridized carbons (Fsp3) is 0.625. The normalized spacial score (nSPS) is 23.0. The minimum absolute atomic E-state index is 0.0378. The van der Waals surface area contributed by atoms with E-state index >= 15 is 0 Å². The number of methoxy groups -OCH3 is 1. The van der Waals surface area contributed by atoms with Gasteiger partial charge >= 0.3 is 7.12 Å². The largest absolute Gasteiger partial charge is 0.496 e. The summed E-state index contributed by atoms with van der Waals surface area (Å²) in [6.07, 6.45) is 3.41. The van der Waals surface area contributed by atoms with Crippen LogP contribution in [0.2, 0.25) is 0 Å². The van der Waals surface area contributed by atoms with Crippen LogP contribution in [0, 0.1) is 0 Å². The van der Waals surface area contributed by atoms with Gasteiger partial charge in [-0.2, -0.15) is 0 Å². The number of amides is 1. The van der Waals surface area contributed by atoms with Gasteiger partial charge in [-0.25, -0.2) is 0 Å². The number of ether oxygens (including phenoxy) is 1. The first-order valence-electron chi connectivity index (χ1n) is 7.86. The highest BCUT2D eigenvalue weighted by Crippen LogP contribution is 2.36. The number of carbonyl (C=O) groups excluding carboxylic acids is 1. The molecule has 0 aromatic carbocycles. The smallest absolute Gasteiger partial charge is 0.399 e. The van der Waals surface area contributed by atoms with Gasteiger partial charge < -0.3 is 18.9 Å². The fourth-order valence-corrected chi connectivity index (χ4v) is 2.62. The second-order valence-electron chi connectivity index (χ2n) is 7.16. The zero-order chi connectivity index (χ0) is 16.8. The van der Waals surface area contributed by atoms with E-state index in [1.165, 1.54) is 0 Å². The van der Waals surface area contributed by atoms with Crippen molar-refractivity contribution in [2.45, 2.75) is 45.0 Å². The molecular formula is C16H23BN2O4. The highest BCUT2D eigenvalue weighted by Gasteiger charge is 2.52. The lowest BCUT2D eigenvalue weighted by atomic mass is 9.79. The molecule has 1 aromatic rings. The van der Waals surface area contributed by atoms with Crippen molar-refractivity contribution in [1.82, 2.24) is 9.88 Å². The molecule has 2 saturated heterocycles. The SMILES string of the molecule is COC1CN(C(=O)c2cncc(B3OC(C)(C)C(C)(C)O3)c2)C1. The second-order valence-corrected chi connectivity index (χ2v) is 7.16. The third kappa shape index (κ3) is 2.89. The summed E-state index contributed by atoms with van der Waals surface area (Å²) in [5.41, 5.74) is 0.479. The van der Waals surface area contributed by atoms with E-state index in [0.717, 1.165) is 5.46 Å². The Labute approximate surface area is 137 Å². The van der Waals surface area contributed by atoms with Gasteiger partial charge in [0.25, 0.3) is 5.91 Å². The molecule has 3 rings (SSSR count). The third-order valence-corrected chi connectivity index (χ3v) is 5.00. The molecule has 1 amide bonds. The molecule has 0 aliphatic carbocycles. The van der Waals surface area contributed by atoms with Gasteiger partial charge in [-0.3, -0.25) is 9.78 Å². The van der Waals surface area contributed by atoms with E-state index in [2.05, 4.69) is 4.98 Å². The molecule has 0 unspecified atom stereocenters. The maximum Gasteiger partial charge on any atom is 0.496 e. The molecule has 0 N–H and O–H groups in total. The molecule has 0 radical (unpaired) electrons. The lowest BCUT2D eigenvalue weighted by Gasteiger charge is -2.38. The average molecular weight is 318 g/mol. The topological polar surface area (TPSA) is 60.9 Å². The van der Waals surface area contributed by atoms with E-state index in [-0.39, 0.29) is 12.0 Å². The average Bonchev–Trinajstić information content (AvgIpc) is 2.66. The van der Waals surface area contributed by atoms with Crippen molar-refractivity contribution in [3.63, 3.8) is 0 Å². The van der Waals surface area contributed by atoms with Crippen LogP contribution in [-0.4, -0.2) is 60.4 Å². The molecule has 0 atom stereocenters. The summed E-state index contributed by atoms with van der Waals surface area (Å²) in [7, 11) is 1.15. The lowest BCUT2D eigenvalue weighted by Crippen LogP contribution is -2.54. The Hall–Kier alpha value is -1.44. The molecule has 124 valence electrons. The third-order valence-electron chi connectivity index (χ3n) is 5.00. The van der Waals surface area contributed by atoms with E-state index in [4.69, 9.17) is 14.0 Å². The monoisotopic (exact) mass is 318 g/mol. The van der Waals surface area contributed by atoms with Crippen LogP contribution in [0.5, 0.6) is 0 Å². The summed E-state index contributed by atoms with van der Waals surface area (Å²) < 4.78 is 17.2. The zero-order valence-corrected chi connectivity index (χ0v) is 14.3. The number of carbonyl (C=O) groups is 1. The van der Waals surface area contributed by atoms with Crippen LogP contribution in [-0.2, 0) is 14.0 Å². The highest BCUT2D eigenvalue weighted by molar-refractivity contribution is 6.62. The Morgan fingerprint density at radius 1 is 1.26 bits per heavy atom. The maximum absolute atomic E-state index is 12.5. The summed E-state index contributed by atoms with van der Waals surface area (Å²) >= 11 is 0. The molecule has 2 fully saturated rings. The molecule has 2 aliphatic rings. The van der Waals surface area contributed by atoms with Crippen LogP contribution in [0.25, 0.3) is 0 Å². The predicted molar refractivity (Wildman–Crippen MR) is 86.7 cm³/mol. The minimum atomic E-state index is -0.511. The molecule has 0 spiro atoms. The number of nitrogens with zero attached hydrogens (tertiary/aromatic N) is 2. The molecule has 2 aliphatic heterocycles. The second kappa shape index (κ2) is 5.58. The standard InChI is InChI=1S/C16H23BN2O4/c1-15(2)16(3,4)23-17(22-15)12-6-11(7-18-8-12)14(20)19-9-13(10-19)21-5/h6-8,13H,9-10H2,1-5H3. The molecule has 3 heterocycles. The Balaban J connectivity index is 1.75. The molecule has 23 heavy (non-hydrogen) atoms. The first-order chi connectivity index (χ1) is 10.7. The molecular weight excluding hydrogens is 295 g/mol. The lowest BCUT2D eigenvalue weighted by molar-refractivity contribution is -0.0192. The van der Waals surface area contributed by atoms with E-state index in [1.807, 2.05) is 27.7 Å². The number of aromatic nitrogens is 1. The Morgan fingerprint density at radius 2 is 1.87 bits per heavy atom. The highest BCUT2D eigenvalue weighted by atomic mass is 16.7. The molecule has 1 aromatic heterocycles. The quantitative estimate of drug-likeness (QED) is 0.774. The minimum Gasteiger partial charge on any atom is -0.399 e. The van der Waals surface area contributed by atoms with Crippen molar-refractivity contribution < 1.29 is 18.8 Å². The summed E-state index contributed by atoms with van der Waals surface area (Å²) in [4.78, 5) is 18.4. The predicted octanol–water partition coefficient (Wildman–Crippen LogP) is 0.852. The number of pyridine rings is 1. The fourth-order valence-electron chi connectivity index (χ4n) is 2.62. The van der Waals surface area contributed by atoms with Crippen LogP contribution in [0.3, 0.4) is 0 Å². The Kier molecular flexibility index (Phi) is 3.98. The summed E-state index contributed by atoms with van der Waals surface area (Å²) in [5, 5.41) is 0. The van der Waals surface area contributed by atoms with Crippen molar-refractivity contribution >= 4 is 18.5 Å². The van der Waals surface area contributed by atoms with Gasteiger partial charge in [0.15, 0.2) is 0 Å². The van der Waals surface area contributed by atoms with E-state index in [1.54, 1.807) is 30.5 Å². The van der Waals surface area contributed by atoms with Crippen LogP contribution in [0.1, 0.15) is 38.1 Å². The first kappa shape index (κ1) is 16.4. The Morgan fingerprint density at radius 3 is 2.43 bits per heavy atom. The van der Waals surface area contributed by atoms with Crippen molar-refractivity contribution in [3.05, 3.63) is 24.0 Å². The van der Waals surface area contributed by atoms with E-state index in [9.17, 15) is 4.79 Å². The molecule has 6 nitrogen and oxygen atoms in total. The molecule has 7 heteroatoms. The van der Waals surface area contributed by atoms with Crippen LogP contribution >= 0.6 is 0 Å². The number of hydrogen-bond donors (Lipinski definition) is 0. The van der Waals surface area contributed by atoms with Gasteiger partial charge in [-0.15, -0.1) is 0 Å². The van der Waals surface area contributed by atoms with Gasteiger partial charge in [0.2, 0.25) is 0 Å². The van der Waals surface area contributed by atoms with Gasteiger partial charge in [-0.1, -0.05) is 0 Å². The van der Waals surface area contributed by atoms with Crippen LogP contribution in [0.4, 0.5) is 0 Å². The van der Waals surface area contributed by atoms with Gasteiger partial charge in [-0.05, 0) is 33.8 Å². The van der Waals surface area contributed by atoms with Gasteiger partial charge in [0.05, 0.1) is 22.9 Å².